The Bertz CT molecular complexity index is 936. The molecule has 3 aromatic rings. The lowest BCUT2D eigenvalue weighted by Gasteiger charge is -2.22. The third-order valence-corrected chi connectivity index (χ3v) is 6.93. The maximum Gasteiger partial charge on any atom is 0.230 e. The van der Waals surface area contributed by atoms with Gasteiger partial charge in [0, 0.05) is 22.0 Å². The Morgan fingerprint density at radius 1 is 1.19 bits per heavy atom. The molecule has 2 aromatic heterocycles. The van der Waals surface area contributed by atoms with E-state index in [4.69, 9.17) is 11.6 Å². The number of hydrogen-bond acceptors (Lipinski definition) is 5. The molecule has 1 fully saturated rings. The van der Waals surface area contributed by atoms with Gasteiger partial charge in [-0.15, -0.1) is 11.3 Å². The van der Waals surface area contributed by atoms with Gasteiger partial charge < -0.3 is 5.32 Å². The van der Waals surface area contributed by atoms with Gasteiger partial charge in [-0.25, -0.2) is 9.97 Å². The average Bonchev–Trinajstić information content (AvgIpc) is 3.12. The normalized spacial score (nSPS) is 15.1. The molecule has 2 heterocycles. The van der Waals surface area contributed by atoms with Gasteiger partial charge in [-0.2, -0.15) is 0 Å². The molecule has 1 aliphatic carbocycles. The molecule has 0 aliphatic heterocycles. The Hall–Kier alpha value is -1.63. The SMILES string of the molecule is O=C(CSc1ncnc2scc(-c3ccc(Cl)cc3)c12)NC1CCCCC1. The number of halogens is 1. The van der Waals surface area contributed by atoms with Gasteiger partial charge in [-0.05, 0) is 30.5 Å². The molecule has 4 nitrogen and oxygen atoms in total. The minimum Gasteiger partial charge on any atom is -0.353 e. The Kier molecular flexibility index (Phi) is 5.95. The molecule has 4 rings (SSSR count). The number of benzene rings is 1. The fourth-order valence-electron chi connectivity index (χ4n) is 3.45. The maximum absolute atomic E-state index is 12.4. The van der Waals surface area contributed by atoms with E-state index in [-0.39, 0.29) is 5.91 Å². The molecule has 0 atom stereocenters. The summed E-state index contributed by atoms with van der Waals surface area (Å²) < 4.78 is 0. The average molecular weight is 418 g/mol. The van der Waals surface area contributed by atoms with E-state index in [1.165, 1.54) is 31.0 Å². The van der Waals surface area contributed by atoms with E-state index >= 15 is 0 Å². The highest BCUT2D eigenvalue weighted by atomic mass is 35.5. The topological polar surface area (TPSA) is 54.9 Å². The highest BCUT2D eigenvalue weighted by molar-refractivity contribution is 8.00. The van der Waals surface area contributed by atoms with E-state index in [9.17, 15) is 4.79 Å². The molecule has 0 bridgehead atoms. The number of nitrogens with zero attached hydrogens (tertiary/aromatic N) is 2. The van der Waals surface area contributed by atoms with Gasteiger partial charge in [0.25, 0.3) is 0 Å². The Morgan fingerprint density at radius 3 is 2.74 bits per heavy atom. The minimum absolute atomic E-state index is 0.0851. The lowest BCUT2D eigenvalue weighted by Crippen LogP contribution is -2.37. The lowest BCUT2D eigenvalue weighted by atomic mass is 9.95. The van der Waals surface area contributed by atoms with Crippen LogP contribution in [-0.2, 0) is 4.79 Å². The van der Waals surface area contributed by atoms with Crippen LogP contribution >= 0.6 is 34.7 Å². The fraction of sp³-hybridized carbons (Fsp3) is 0.350. The molecule has 1 aromatic carbocycles. The molecule has 0 unspecified atom stereocenters. The van der Waals surface area contributed by atoms with Crippen molar-refractivity contribution in [2.24, 2.45) is 0 Å². The molecule has 1 aliphatic rings. The second-order valence-corrected chi connectivity index (χ2v) is 8.96. The summed E-state index contributed by atoms with van der Waals surface area (Å²) in [6.07, 6.45) is 7.48. The van der Waals surface area contributed by atoms with Crippen molar-refractivity contribution in [1.82, 2.24) is 15.3 Å². The predicted molar refractivity (Wildman–Crippen MR) is 114 cm³/mol. The van der Waals surface area contributed by atoms with Crippen LogP contribution in [0.15, 0.2) is 41.0 Å². The number of fused-ring (bicyclic) bond motifs is 1. The van der Waals surface area contributed by atoms with Gasteiger partial charge in [0.15, 0.2) is 0 Å². The second-order valence-electron chi connectivity index (χ2n) is 6.71. The van der Waals surface area contributed by atoms with E-state index in [1.54, 1.807) is 17.7 Å². The Morgan fingerprint density at radius 2 is 1.96 bits per heavy atom. The maximum atomic E-state index is 12.4. The minimum atomic E-state index is 0.0851. The second kappa shape index (κ2) is 8.59. The van der Waals surface area contributed by atoms with Crippen LogP contribution in [0, 0.1) is 0 Å². The summed E-state index contributed by atoms with van der Waals surface area (Å²) in [5.41, 5.74) is 2.16. The third-order valence-electron chi connectivity index (χ3n) is 4.80. The van der Waals surface area contributed by atoms with Crippen LogP contribution in [0.4, 0.5) is 0 Å². The van der Waals surface area contributed by atoms with Crippen LogP contribution in [0.2, 0.25) is 5.02 Å². The van der Waals surface area contributed by atoms with Crippen molar-refractivity contribution in [1.29, 1.82) is 0 Å². The van der Waals surface area contributed by atoms with E-state index < -0.39 is 0 Å². The van der Waals surface area contributed by atoms with Crippen molar-refractivity contribution in [2.45, 2.75) is 43.2 Å². The number of carbonyl (C=O) groups excluding carboxylic acids is 1. The van der Waals surface area contributed by atoms with E-state index in [0.29, 0.717) is 16.8 Å². The fourth-order valence-corrected chi connectivity index (χ4v) is 5.38. The predicted octanol–water partition coefficient (Wildman–Crippen LogP) is 5.55. The standard InChI is InChI=1S/C20H20ClN3OS2/c21-14-8-6-13(7-9-14)16-10-26-19-18(16)20(23-12-22-19)27-11-17(25)24-15-4-2-1-3-5-15/h6-10,12,15H,1-5,11H2,(H,24,25). The molecular weight excluding hydrogens is 398 g/mol. The smallest absolute Gasteiger partial charge is 0.230 e. The number of hydrogen-bond donors (Lipinski definition) is 1. The van der Waals surface area contributed by atoms with Crippen molar-refractivity contribution < 1.29 is 4.79 Å². The van der Waals surface area contributed by atoms with Gasteiger partial charge in [-0.3, -0.25) is 4.79 Å². The van der Waals surface area contributed by atoms with Gasteiger partial charge in [0.05, 0.1) is 11.1 Å². The summed E-state index contributed by atoms with van der Waals surface area (Å²) in [6, 6.07) is 8.11. The molecule has 0 radical (unpaired) electrons. The van der Waals surface area contributed by atoms with E-state index in [2.05, 4.69) is 20.7 Å². The molecule has 1 N–H and O–H groups in total. The summed E-state index contributed by atoms with van der Waals surface area (Å²) in [6.45, 7) is 0. The van der Waals surface area contributed by atoms with Crippen LogP contribution in [0.1, 0.15) is 32.1 Å². The summed E-state index contributed by atoms with van der Waals surface area (Å²) in [4.78, 5) is 22.1. The van der Waals surface area contributed by atoms with Crippen molar-refractivity contribution >= 4 is 50.8 Å². The number of amides is 1. The van der Waals surface area contributed by atoms with Crippen molar-refractivity contribution in [3.63, 3.8) is 0 Å². The zero-order chi connectivity index (χ0) is 18.6. The molecule has 7 heteroatoms. The summed E-state index contributed by atoms with van der Waals surface area (Å²) in [5.74, 6) is 0.459. The van der Waals surface area contributed by atoms with Crippen LogP contribution < -0.4 is 5.32 Å². The van der Waals surface area contributed by atoms with Gasteiger partial charge in [-0.1, -0.05) is 54.8 Å². The van der Waals surface area contributed by atoms with Crippen LogP contribution in [-0.4, -0.2) is 27.7 Å². The molecule has 1 amide bonds. The number of thiophene rings is 1. The van der Waals surface area contributed by atoms with Crippen LogP contribution in [0.25, 0.3) is 21.3 Å². The number of carbonyl (C=O) groups is 1. The molecule has 140 valence electrons. The summed E-state index contributed by atoms with van der Waals surface area (Å²) >= 11 is 9.09. The number of aromatic nitrogens is 2. The quantitative estimate of drug-likeness (QED) is 0.436. The van der Waals surface area contributed by atoms with Crippen molar-refractivity contribution in [3.05, 3.63) is 41.0 Å². The first kappa shape index (κ1) is 18.7. The van der Waals surface area contributed by atoms with Gasteiger partial charge in [0.2, 0.25) is 5.91 Å². The largest absolute Gasteiger partial charge is 0.353 e. The van der Waals surface area contributed by atoms with Gasteiger partial charge >= 0.3 is 0 Å². The molecule has 1 saturated carbocycles. The number of nitrogens with one attached hydrogen (secondary N) is 1. The molecule has 27 heavy (non-hydrogen) atoms. The summed E-state index contributed by atoms with van der Waals surface area (Å²) in [7, 11) is 0. The number of rotatable bonds is 5. The van der Waals surface area contributed by atoms with Crippen molar-refractivity contribution in [3.8, 4) is 11.1 Å². The monoisotopic (exact) mass is 417 g/mol. The molecule has 0 spiro atoms. The summed E-state index contributed by atoms with van der Waals surface area (Å²) in [5, 5.41) is 7.84. The third kappa shape index (κ3) is 4.45. The first-order valence-electron chi connectivity index (χ1n) is 9.11. The van der Waals surface area contributed by atoms with E-state index in [1.807, 2.05) is 24.3 Å². The molecule has 0 saturated heterocycles. The number of thioether (sulfide) groups is 1. The Balaban J connectivity index is 1.52. The first-order chi connectivity index (χ1) is 13.2. The zero-order valence-corrected chi connectivity index (χ0v) is 17.2. The van der Waals surface area contributed by atoms with Gasteiger partial charge in [0.1, 0.15) is 16.2 Å². The Labute approximate surface area is 171 Å². The lowest BCUT2D eigenvalue weighted by molar-refractivity contribution is -0.119. The van der Waals surface area contributed by atoms with Crippen LogP contribution in [0.5, 0.6) is 0 Å². The van der Waals surface area contributed by atoms with Crippen LogP contribution in [0.3, 0.4) is 0 Å². The highest BCUT2D eigenvalue weighted by Crippen LogP contribution is 2.38. The molecular formula is C20H20ClN3OS2. The highest BCUT2D eigenvalue weighted by Gasteiger charge is 2.18. The first-order valence-corrected chi connectivity index (χ1v) is 11.4. The van der Waals surface area contributed by atoms with E-state index in [0.717, 1.165) is 39.2 Å². The van der Waals surface area contributed by atoms with Crippen molar-refractivity contribution in [2.75, 3.05) is 5.75 Å². The zero-order valence-electron chi connectivity index (χ0n) is 14.8.